The number of nitrogens with one attached hydrogen (secondary N) is 1. The molecule has 1 aliphatic heterocycles. The van der Waals surface area contributed by atoms with Crippen LogP contribution in [0, 0.1) is 17.2 Å². The van der Waals surface area contributed by atoms with Crippen molar-refractivity contribution in [3.05, 3.63) is 29.8 Å². The normalized spacial score (nSPS) is 19.8. The SMILES string of the molecule is N#Cc1ccccc1OCCN1CCC([C@H](O)C(=O)NC2CC2)CC1. The predicted molar refractivity (Wildman–Crippen MR) is 93.0 cm³/mol. The zero-order valence-electron chi connectivity index (χ0n) is 14.4. The van der Waals surface area contributed by atoms with Crippen LogP contribution in [0.25, 0.3) is 0 Å². The first-order valence-electron chi connectivity index (χ1n) is 9.00. The van der Waals surface area contributed by atoms with E-state index in [0.29, 0.717) is 17.9 Å². The van der Waals surface area contributed by atoms with Gasteiger partial charge in [-0.05, 0) is 56.8 Å². The Morgan fingerprint density at radius 2 is 2.04 bits per heavy atom. The standard InChI is InChI=1S/C19H25N3O3/c20-13-15-3-1-2-4-17(15)25-12-11-22-9-7-14(8-10-22)18(23)19(24)21-16-5-6-16/h1-4,14,16,18,23H,5-12H2,(H,21,24)/t18-/m0/s1. The fourth-order valence-electron chi connectivity index (χ4n) is 3.19. The van der Waals surface area contributed by atoms with Gasteiger partial charge in [-0.25, -0.2) is 0 Å². The highest BCUT2D eigenvalue weighted by Crippen LogP contribution is 2.23. The zero-order chi connectivity index (χ0) is 17.6. The van der Waals surface area contributed by atoms with Crippen LogP contribution in [-0.4, -0.2) is 54.3 Å². The van der Waals surface area contributed by atoms with Crippen molar-refractivity contribution in [2.45, 2.75) is 37.8 Å². The lowest BCUT2D eigenvalue weighted by Gasteiger charge is -2.33. The summed E-state index contributed by atoms with van der Waals surface area (Å²) >= 11 is 0. The minimum absolute atomic E-state index is 0.0373. The molecule has 6 heteroatoms. The van der Waals surface area contributed by atoms with E-state index in [2.05, 4.69) is 16.3 Å². The third kappa shape index (κ3) is 4.94. The van der Waals surface area contributed by atoms with E-state index >= 15 is 0 Å². The molecule has 1 saturated heterocycles. The summed E-state index contributed by atoms with van der Waals surface area (Å²) in [6, 6.07) is 9.64. The van der Waals surface area contributed by atoms with Crippen molar-refractivity contribution < 1.29 is 14.6 Å². The van der Waals surface area contributed by atoms with Crippen molar-refractivity contribution in [2.75, 3.05) is 26.2 Å². The van der Waals surface area contributed by atoms with Gasteiger partial charge in [0.05, 0.1) is 5.56 Å². The number of aliphatic hydroxyl groups excluding tert-OH is 1. The Hall–Kier alpha value is -2.10. The molecular weight excluding hydrogens is 318 g/mol. The topological polar surface area (TPSA) is 85.6 Å². The van der Waals surface area contributed by atoms with Gasteiger partial charge >= 0.3 is 0 Å². The number of para-hydroxylation sites is 1. The zero-order valence-corrected chi connectivity index (χ0v) is 14.4. The number of benzene rings is 1. The number of likely N-dealkylation sites (tertiary alicyclic amines) is 1. The summed E-state index contributed by atoms with van der Waals surface area (Å²) in [6.07, 6.45) is 2.81. The molecule has 6 nitrogen and oxygen atoms in total. The Morgan fingerprint density at radius 3 is 2.72 bits per heavy atom. The van der Waals surface area contributed by atoms with E-state index in [4.69, 9.17) is 10.00 Å². The van der Waals surface area contributed by atoms with Crippen molar-refractivity contribution in [1.29, 1.82) is 5.26 Å². The fourth-order valence-corrected chi connectivity index (χ4v) is 3.19. The molecule has 3 rings (SSSR count). The van der Waals surface area contributed by atoms with Crippen LogP contribution < -0.4 is 10.1 Å². The lowest BCUT2D eigenvalue weighted by atomic mass is 9.90. The molecule has 1 atom stereocenters. The van der Waals surface area contributed by atoms with Gasteiger partial charge in [-0.15, -0.1) is 0 Å². The van der Waals surface area contributed by atoms with E-state index in [-0.39, 0.29) is 17.9 Å². The number of nitrogens with zero attached hydrogens (tertiary/aromatic N) is 2. The van der Waals surface area contributed by atoms with Crippen molar-refractivity contribution in [1.82, 2.24) is 10.2 Å². The Kier molecular flexibility index (Phi) is 5.90. The van der Waals surface area contributed by atoms with Crippen LogP contribution in [0.1, 0.15) is 31.2 Å². The van der Waals surface area contributed by atoms with Crippen molar-refractivity contribution in [3.63, 3.8) is 0 Å². The lowest BCUT2D eigenvalue weighted by Crippen LogP contribution is -2.45. The first kappa shape index (κ1) is 17.7. The summed E-state index contributed by atoms with van der Waals surface area (Å²) in [5.41, 5.74) is 0.547. The minimum atomic E-state index is -0.887. The number of nitriles is 1. The Bertz CT molecular complexity index is 631. The molecule has 1 heterocycles. The molecule has 25 heavy (non-hydrogen) atoms. The number of piperidine rings is 1. The lowest BCUT2D eigenvalue weighted by molar-refractivity contribution is -0.133. The summed E-state index contributed by atoms with van der Waals surface area (Å²) < 4.78 is 5.72. The maximum atomic E-state index is 11.9. The van der Waals surface area contributed by atoms with E-state index in [1.165, 1.54) is 0 Å². The summed E-state index contributed by atoms with van der Waals surface area (Å²) in [5, 5.41) is 22.1. The fraction of sp³-hybridized carbons (Fsp3) is 0.579. The molecule has 1 aromatic carbocycles. The van der Waals surface area contributed by atoms with E-state index in [1.807, 2.05) is 12.1 Å². The van der Waals surface area contributed by atoms with Gasteiger partial charge in [0.25, 0.3) is 0 Å². The molecule has 0 radical (unpaired) electrons. The second-order valence-electron chi connectivity index (χ2n) is 6.86. The van der Waals surface area contributed by atoms with Crippen LogP contribution >= 0.6 is 0 Å². The molecule has 1 saturated carbocycles. The highest BCUT2D eigenvalue weighted by atomic mass is 16.5. The van der Waals surface area contributed by atoms with E-state index < -0.39 is 6.10 Å². The molecule has 0 spiro atoms. The summed E-state index contributed by atoms with van der Waals surface area (Å²) in [7, 11) is 0. The highest BCUT2D eigenvalue weighted by molar-refractivity contribution is 5.81. The monoisotopic (exact) mass is 343 g/mol. The molecule has 0 unspecified atom stereocenters. The van der Waals surface area contributed by atoms with Gasteiger partial charge in [0.1, 0.15) is 24.5 Å². The number of hydrogen-bond donors (Lipinski definition) is 2. The van der Waals surface area contributed by atoms with Crippen LogP contribution in [0.3, 0.4) is 0 Å². The van der Waals surface area contributed by atoms with Crippen LogP contribution in [0.15, 0.2) is 24.3 Å². The maximum absolute atomic E-state index is 11.9. The Morgan fingerprint density at radius 1 is 1.32 bits per heavy atom. The molecule has 134 valence electrons. The number of rotatable bonds is 7. The van der Waals surface area contributed by atoms with Gasteiger partial charge in [-0.3, -0.25) is 9.69 Å². The third-order valence-corrected chi connectivity index (χ3v) is 4.94. The minimum Gasteiger partial charge on any atom is -0.491 e. The molecule has 0 aromatic heterocycles. The predicted octanol–water partition coefficient (Wildman–Crippen LogP) is 1.29. The molecule has 2 N–H and O–H groups in total. The van der Waals surface area contributed by atoms with Crippen molar-refractivity contribution in [2.24, 2.45) is 5.92 Å². The van der Waals surface area contributed by atoms with Gasteiger partial charge in [0, 0.05) is 12.6 Å². The number of amides is 1. The maximum Gasteiger partial charge on any atom is 0.249 e. The number of ether oxygens (including phenoxy) is 1. The smallest absolute Gasteiger partial charge is 0.249 e. The molecule has 1 aromatic rings. The van der Waals surface area contributed by atoms with E-state index in [0.717, 1.165) is 45.3 Å². The average Bonchev–Trinajstić information content (AvgIpc) is 3.46. The summed E-state index contributed by atoms with van der Waals surface area (Å²) in [5.74, 6) is 0.444. The van der Waals surface area contributed by atoms with Crippen molar-refractivity contribution >= 4 is 5.91 Å². The van der Waals surface area contributed by atoms with Gasteiger partial charge < -0.3 is 15.2 Å². The molecule has 1 amide bonds. The van der Waals surface area contributed by atoms with Crippen LogP contribution in [0.4, 0.5) is 0 Å². The molecular formula is C19H25N3O3. The number of hydrogen-bond acceptors (Lipinski definition) is 5. The first-order chi connectivity index (χ1) is 12.2. The first-order valence-corrected chi connectivity index (χ1v) is 9.00. The van der Waals surface area contributed by atoms with Gasteiger partial charge in [0.2, 0.25) is 5.91 Å². The molecule has 1 aliphatic carbocycles. The highest BCUT2D eigenvalue weighted by Gasteiger charge is 2.32. The molecule has 2 aliphatic rings. The van der Waals surface area contributed by atoms with Crippen LogP contribution in [0.2, 0.25) is 0 Å². The third-order valence-electron chi connectivity index (χ3n) is 4.94. The quantitative estimate of drug-likeness (QED) is 0.779. The molecule has 2 fully saturated rings. The number of carbonyl (C=O) groups is 1. The van der Waals surface area contributed by atoms with Crippen LogP contribution in [-0.2, 0) is 4.79 Å². The summed E-state index contributed by atoms with van der Waals surface area (Å²) in [4.78, 5) is 14.2. The summed E-state index contributed by atoms with van der Waals surface area (Å²) in [6.45, 7) is 2.99. The number of aliphatic hydroxyl groups is 1. The van der Waals surface area contributed by atoms with Gasteiger partial charge in [0.15, 0.2) is 0 Å². The van der Waals surface area contributed by atoms with Crippen LogP contribution in [0.5, 0.6) is 5.75 Å². The molecule has 0 bridgehead atoms. The largest absolute Gasteiger partial charge is 0.491 e. The van der Waals surface area contributed by atoms with Gasteiger partial charge in [-0.2, -0.15) is 5.26 Å². The van der Waals surface area contributed by atoms with Gasteiger partial charge in [-0.1, -0.05) is 12.1 Å². The Labute approximate surface area is 148 Å². The Balaban J connectivity index is 1.37. The van der Waals surface area contributed by atoms with E-state index in [9.17, 15) is 9.90 Å². The van der Waals surface area contributed by atoms with E-state index in [1.54, 1.807) is 12.1 Å². The van der Waals surface area contributed by atoms with Crippen molar-refractivity contribution in [3.8, 4) is 11.8 Å². The second-order valence-corrected chi connectivity index (χ2v) is 6.86. The average molecular weight is 343 g/mol. The second kappa shape index (κ2) is 8.32. The number of carbonyl (C=O) groups excluding carboxylic acids is 1.